The van der Waals surface area contributed by atoms with Crippen molar-refractivity contribution >= 4 is 17.5 Å². The number of aromatic nitrogens is 1. The zero-order valence-electron chi connectivity index (χ0n) is 15.6. The summed E-state index contributed by atoms with van der Waals surface area (Å²) in [6, 6.07) is 8.76. The van der Waals surface area contributed by atoms with Crippen molar-refractivity contribution < 1.29 is 14.3 Å². The van der Waals surface area contributed by atoms with Crippen molar-refractivity contribution in [2.75, 3.05) is 19.8 Å². The molecule has 28 heavy (non-hydrogen) atoms. The molecular weight excluding hydrogens is 380 g/mol. The van der Waals surface area contributed by atoms with E-state index in [9.17, 15) is 9.59 Å². The van der Waals surface area contributed by atoms with Gasteiger partial charge in [0.1, 0.15) is 11.3 Å². The standard InChI is InChI=1S/C21H23ClN2O4/c22-16-5-3-14(4-6-16)12-23-21(26)20-17-7-9-27-10-8-24(17)19(25)11-18(20)28-13-15-1-2-15/h3-6,11,15H,1-2,7-10,12-13H2,(H,23,26). The molecular formula is C21H23ClN2O4. The highest BCUT2D eigenvalue weighted by Gasteiger charge is 2.27. The molecule has 0 unspecified atom stereocenters. The average molecular weight is 403 g/mol. The molecule has 1 saturated carbocycles. The van der Waals surface area contributed by atoms with Gasteiger partial charge >= 0.3 is 0 Å². The van der Waals surface area contributed by atoms with Crippen LogP contribution in [0.1, 0.15) is 34.5 Å². The molecule has 1 N–H and O–H groups in total. The number of nitrogens with zero attached hydrogens (tertiary/aromatic N) is 1. The average Bonchev–Trinajstić information content (AvgIpc) is 3.52. The first kappa shape index (κ1) is 19.0. The van der Waals surface area contributed by atoms with E-state index in [1.165, 1.54) is 6.07 Å². The van der Waals surface area contributed by atoms with Crippen LogP contribution in [0.2, 0.25) is 5.02 Å². The third kappa shape index (κ3) is 4.39. The number of carbonyl (C=O) groups excluding carboxylic acids is 1. The normalized spacial score (nSPS) is 16.2. The fourth-order valence-electron chi connectivity index (χ4n) is 3.33. The Hall–Kier alpha value is -2.31. The zero-order chi connectivity index (χ0) is 19.5. The van der Waals surface area contributed by atoms with E-state index in [1.54, 1.807) is 16.7 Å². The summed E-state index contributed by atoms with van der Waals surface area (Å²) in [5, 5.41) is 3.60. The lowest BCUT2D eigenvalue weighted by atomic mass is 10.1. The number of rotatable bonds is 6. The summed E-state index contributed by atoms with van der Waals surface area (Å²) in [5.41, 5.74) is 1.92. The van der Waals surface area contributed by atoms with Gasteiger partial charge < -0.3 is 19.4 Å². The number of fused-ring (bicyclic) bond motifs is 1. The van der Waals surface area contributed by atoms with Crippen LogP contribution in [0.4, 0.5) is 0 Å². The van der Waals surface area contributed by atoms with Gasteiger partial charge in [0.2, 0.25) is 0 Å². The van der Waals surface area contributed by atoms with Crippen molar-refractivity contribution in [3.05, 3.63) is 62.5 Å². The molecule has 0 radical (unpaired) electrons. The van der Waals surface area contributed by atoms with Gasteiger partial charge in [-0.25, -0.2) is 0 Å². The second-order valence-electron chi connectivity index (χ2n) is 7.25. The molecule has 1 amide bonds. The van der Waals surface area contributed by atoms with Crippen LogP contribution in [0.15, 0.2) is 35.1 Å². The third-order valence-corrected chi connectivity index (χ3v) is 5.34. The number of hydrogen-bond acceptors (Lipinski definition) is 4. The van der Waals surface area contributed by atoms with Gasteiger partial charge in [-0.1, -0.05) is 23.7 Å². The smallest absolute Gasteiger partial charge is 0.257 e. The first-order chi connectivity index (χ1) is 13.6. The maximum Gasteiger partial charge on any atom is 0.257 e. The monoisotopic (exact) mass is 402 g/mol. The van der Waals surface area contributed by atoms with Gasteiger partial charge in [-0.15, -0.1) is 0 Å². The highest BCUT2D eigenvalue weighted by molar-refractivity contribution is 6.30. The van der Waals surface area contributed by atoms with Crippen molar-refractivity contribution in [2.45, 2.75) is 32.4 Å². The largest absolute Gasteiger partial charge is 0.492 e. The van der Waals surface area contributed by atoms with Gasteiger partial charge in [-0.2, -0.15) is 0 Å². The quantitative estimate of drug-likeness (QED) is 0.806. The summed E-state index contributed by atoms with van der Waals surface area (Å²) in [5.74, 6) is 0.653. The molecule has 0 atom stereocenters. The number of ether oxygens (including phenoxy) is 2. The van der Waals surface area contributed by atoms with Gasteiger partial charge in [-0.3, -0.25) is 9.59 Å². The fourth-order valence-corrected chi connectivity index (χ4v) is 3.45. The molecule has 1 aromatic carbocycles. The molecule has 1 aliphatic heterocycles. The molecule has 0 bridgehead atoms. The molecule has 2 aliphatic rings. The van der Waals surface area contributed by atoms with Gasteiger partial charge in [0.05, 0.1) is 19.8 Å². The minimum absolute atomic E-state index is 0.152. The Bertz CT molecular complexity index is 919. The number of halogens is 1. The molecule has 4 rings (SSSR count). The third-order valence-electron chi connectivity index (χ3n) is 5.09. The maximum absolute atomic E-state index is 13.1. The highest BCUT2D eigenvalue weighted by atomic mass is 35.5. The van der Waals surface area contributed by atoms with Crippen molar-refractivity contribution in [2.24, 2.45) is 5.92 Å². The summed E-state index contributed by atoms with van der Waals surface area (Å²) in [6.07, 6.45) is 2.77. The Labute approximate surface area is 168 Å². The second-order valence-corrected chi connectivity index (χ2v) is 7.68. The van der Waals surface area contributed by atoms with E-state index in [0.29, 0.717) is 67.3 Å². The predicted molar refractivity (Wildman–Crippen MR) is 106 cm³/mol. The van der Waals surface area contributed by atoms with Gasteiger partial charge in [-0.05, 0) is 36.5 Å². The summed E-state index contributed by atoms with van der Waals surface area (Å²) < 4.78 is 13.0. The van der Waals surface area contributed by atoms with Crippen molar-refractivity contribution in [3.63, 3.8) is 0 Å². The van der Waals surface area contributed by atoms with E-state index in [0.717, 1.165) is 18.4 Å². The number of hydrogen-bond donors (Lipinski definition) is 1. The van der Waals surface area contributed by atoms with E-state index >= 15 is 0 Å². The van der Waals surface area contributed by atoms with E-state index in [2.05, 4.69) is 5.32 Å². The van der Waals surface area contributed by atoms with Crippen LogP contribution in [-0.2, 0) is 24.2 Å². The maximum atomic E-state index is 13.1. The summed E-state index contributed by atoms with van der Waals surface area (Å²) in [4.78, 5) is 25.7. The lowest BCUT2D eigenvalue weighted by molar-refractivity contribution is 0.0944. The van der Waals surface area contributed by atoms with Crippen molar-refractivity contribution in [1.29, 1.82) is 0 Å². The van der Waals surface area contributed by atoms with Crippen LogP contribution in [0.25, 0.3) is 0 Å². The zero-order valence-corrected chi connectivity index (χ0v) is 16.3. The topological polar surface area (TPSA) is 69.6 Å². The molecule has 1 aromatic heterocycles. The first-order valence-electron chi connectivity index (χ1n) is 9.61. The van der Waals surface area contributed by atoms with E-state index in [-0.39, 0.29) is 11.5 Å². The van der Waals surface area contributed by atoms with Crippen LogP contribution >= 0.6 is 11.6 Å². The minimum atomic E-state index is -0.244. The minimum Gasteiger partial charge on any atom is -0.492 e. The lowest BCUT2D eigenvalue weighted by Crippen LogP contribution is -2.31. The lowest BCUT2D eigenvalue weighted by Gasteiger charge is -2.18. The molecule has 0 spiro atoms. The molecule has 2 aromatic rings. The molecule has 6 nitrogen and oxygen atoms in total. The van der Waals surface area contributed by atoms with Crippen LogP contribution in [-0.4, -0.2) is 30.3 Å². The van der Waals surface area contributed by atoms with Crippen molar-refractivity contribution in [3.8, 4) is 5.75 Å². The van der Waals surface area contributed by atoms with Crippen LogP contribution in [0.5, 0.6) is 5.75 Å². The van der Waals surface area contributed by atoms with Gasteiger partial charge in [0.25, 0.3) is 11.5 Å². The summed E-state index contributed by atoms with van der Waals surface area (Å²) in [7, 11) is 0. The molecule has 1 aliphatic carbocycles. The molecule has 0 saturated heterocycles. The Kier molecular flexibility index (Phi) is 5.69. The molecule has 7 heteroatoms. The summed E-state index contributed by atoms with van der Waals surface area (Å²) in [6.45, 7) is 2.28. The van der Waals surface area contributed by atoms with E-state index < -0.39 is 0 Å². The van der Waals surface area contributed by atoms with Crippen molar-refractivity contribution in [1.82, 2.24) is 9.88 Å². The van der Waals surface area contributed by atoms with E-state index in [1.807, 2.05) is 12.1 Å². The van der Waals surface area contributed by atoms with Crippen LogP contribution < -0.4 is 15.6 Å². The molecule has 1 fully saturated rings. The SMILES string of the molecule is O=C(NCc1ccc(Cl)cc1)c1c(OCC2CC2)cc(=O)n2c1CCOCC2. The highest BCUT2D eigenvalue weighted by Crippen LogP contribution is 2.31. The fraction of sp³-hybridized carbons (Fsp3) is 0.429. The number of pyridine rings is 1. The number of benzene rings is 1. The van der Waals surface area contributed by atoms with Gasteiger partial charge in [0.15, 0.2) is 0 Å². The summed E-state index contributed by atoms with van der Waals surface area (Å²) >= 11 is 5.92. The van der Waals surface area contributed by atoms with E-state index in [4.69, 9.17) is 21.1 Å². The van der Waals surface area contributed by atoms with Crippen LogP contribution in [0.3, 0.4) is 0 Å². The van der Waals surface area contributed by atoms with Gasteiger partial charge in [0, 0.05) is 36.3 Å². The Balaban J connectivity index is 1.62. The number of carbonyl (C=O) groups is 1. The van der Waals surface area contributed by atoms with Crippen LogP contribution in [0, 0.1) is 5.92 Å². The second kappa shape index (κ2) is 8.37. The Morgan fingerprint density at radius 3 is 2.79 bits per heavy atom. The Morgan fingerprint density at radius 2 is 2.04 bits per heavy atom. The predicted octanol–water partition coefficient (Wildman–Crippen LogP) is 2.79. The first-order valence-corrected chi connectivity index (χ1v) is 9.99. The Morgan fingerprint density at radius 1 is 1.25 bits per heavy atom. The number of nitrogens with one attached hydrogen (secondary N) is 1. The molecule has 2 heterocycles. The number of amides is 1. The molecule has 148 valence electrons.